The molecule has 3 aromatic rings. The van der Waals surface area contributed by atoms with Crippen LogP contribution in [-0.2, 0) is 6.54 Å². The maximum absolute atomic E-state index is 13.9. The number of hydrogen-bond donors (Lipinski definition) is 0. The van der Waals surface area contributed by atoms with Crippen molar-refractivity contribution in [2.24, 2.45) is 0 Å². The summed E-state index contributed by atoms with van der Waals surface area (Å²) in [5.41, 5.74) is -0.0851. The fourth-order valence-electron chi connectivity index (χ4n) is 2.31. The number of halogens is 5. The second kappa shape index (κ2) is 6.47. The zero-order valence-electron chi connectivity index (χ0n) is 12.3. The Morgan fingerprint density at radius 2 is 1.96 bits per heavy atom. The predicted molar refractivity (Wildman–Crippen MR) is 85.9 cm³/mol. The van der Waals surface area contributed by atoms with Gasteiger partial charge in [-0.15, -0.1) is 13.2 Å². The fraction of sp³-hybridized carbons (Fsp3) is 0.125. The van der Waals surface area contributed by atoms with Crippen LogP contribution in [0.5, 0.6) is 5.75 Å². The first-order valence-electron chi connectivity index (χ1n) is 6.92. The Hall–Kier alpha value is -2.42. The molecule has 0 aliphatic carbocycles. The summed E-state index contributed by atoms with van der Waals surface area (Å²) in [5.74, 6) is -1.30. The fourth-order valence-corrected chi connectivity index (χ4v) is 2.65. The molecule has 0 amide bonds. The van der Waals surface area contributed by atoms with Crippen LogP contribution in [0.2, 0.25) is 0 Å². The molecule has 0 saturated heterocycles. The van der Waals surface area contributed by atoms with E-state index < -0.39 is 23.5 Å². The van der Waals surface area contributed by atoms with Gasteiger partial charge in [-0.1, -0.05) is 0 Å². The van der Waals surface area contributed by atoms with E-state index in [-0.39, 0.29) is 12.1 Å². The summed E-state index contributed by atoms with van der Waals surface area (Å²) in [5, 5.41) is 0.306. The molecule has 3 rings (SSSR count). The lowest BCUT2D eigenvalue weighted by Gasteiger charge is -2.12. The van der Waals surface area contributed by atoms with Crippen molar-refractivity contribution >= 4 is 26.8 Å². The zero-order valence-corrected chi connectivity index (χ0v) is 13.9. The standard InChI is InChI=1S/C16H9BrF4N2O2/c17-10-6-12-14(22-7-10)3-4-23(15(12)24)8-9-5-11(1-2-13(9)18)25-16(19,20)21/h1-7H,8H2. The van der Waals surface area contributed by atoms with E-state index in [0.717, 1.165) is 18.2 Å². The quantitative estimate of drug-likeness (QED) is 0.599. The van der Waals surface area contributed by atoms with E-state index in [4.69, 9.17) is 0 Å². The summed E-state index contributed by atoms with van der Waals surface area (Å²) in [6, 6.07) is 5.79. The van der Waals surface area contributed by atoms with Crippen molar-refractivity contribution in [2.45, 2.75) is 12.9 Å². The van der Waals surface area contributed by atoms with Gasteiger partial charge in [0.2, 0.25) is 0 Å². The minimum Gasteiger partial charge on any atom is -0.406 e. The molecule has 0 radical (unpaired) electrons. The summed E-state index contributed by atoms with van der Waals surface area (Å²) in [6.07, 6.45) is -1.95. The van der Waals surface area contributed by atoms with Crippen molar-refractivity contribution in [1.29, 1.82) is 0 Å². The van der Waals surface area contributed by atoms with Crippen molar-refractivity contribution in [3.05, 3.63) is 68.9 Å². The monoisotopic (exact) mass is 416 g/mol. The van der Waals surface area contributed by atoms with Gasteiger partial charge in [0.05, 0.1) is 17.4 Å². The Balaban J connectivity index is 2.00. The molecule has 4 nitrogen and oxygen atoms in total. The van der Waals surface area contributed by atoms with E-state index in [9.17, 15) is 22.4 Å². The van der Waals surface area contributed by atoms with Gasteiger partial charge in [-0.2, -0.15) is 0 Å². The third-order valence-electron chi connectivity index (χ3n) is 3.38. The van der Waals surface area contributed by atoms with Crippen LogP contribution in [0.15, 0.2) is 52.0 Å². The highest BCUT2D eigenvalue weighted by molar-refractivity contribution is 9.10. The number of fused-ring (bicyclic) bond motifs is 1. The van der Waals surface area contributed by atoms with Crippen LogP contribution in [-0.4, -0.2) is 15.9 Å². The Morgan fingerprint density at radius 3 is 2.68 bits per heavy atom. The SMILES string of the molecule is O=c1c2cc(Br)cnc2ccn1Cc1cc(OC(F)(F)F)ccc1F. The van der Waals surface area contributed by atoms with Crippen LogP contribution in [0, 0.1) is 5.82 Å². The number of hydrogen-bond acceptors (Lipinski definition) is 3. The van der Waals surface area contributed by atoms with Gasteiger partial charge in [0.25, 0.3) is 5.56 Å². The number of nitrogens with zero attached hydrogens (tertiary/aromatic N) is 2. The van der Waals surface area contributed by atoms with Crippen molar-refractivity contribution < 1.29 is 22.3 Å². The summed E-state index contributed by atoms with van der Waals surface area (Å²) in [4.78, 5) is 16.6. The first-order chi connectivity index (χ1) is 11.7. The molecule has 0 atom stereocenters. The number of pyridine rings is 2. The maximum atomic E-state index is 13.9. The van der Waals surface area contributed by atoms with E-state index in [0.29, 0.717) is 15.4 Å². The van der Waals surface area contributed by atoms with Crippen LogP contribution in [0.25, 0.3) is 10.9 Å². The van der Waals surface area contributed by atoms with Gasteiger partial charge >= 0.3 is 6.36 Å². The van der Waals surface area contributed by atoms with Crippen molar-refractivity contribution in [3.8, 4) is 5.75 Å². The molecular weight excluding hydrogens is 408 g/mol. The summed E-state index contributed by atoms with van der Waals surface area (Å²) >= 11 is 3.21. The summed E-state index contributed by atoms with van der Waals surface area (Å²) in [6.45, 7) is -0.248. The largest absolute Gasteiger partial charge is 0.573 e. The molecular formula is C16H9BrF4N2O2. The molecule has 25 heavy (non-hydrogen) atoms. The minimum absolute atomic E-state index is 0.105. The molecule has 0 unspecified atom stereocenters. The van der Waals surface area contributed by atoms with Crippen LogP contribution >= 0.6 is 15.9 Å². The highest BCUT2D eigenvalue weighted by Crippen LogP contribution is 2.25. The smallest absolute Gasteiger partial charge is 0.406 e. The summed E-state index contributed by atoms with van der Waals surface area (Å²) in [7, 11) is 0. The molecule has 2 aromatic heterocycles. The molecule has 0 spiro atoms. The highest BCUT2D eigenvalue weighted by Gasteiger charge is 2.31. The van der Waals surface area contributed by atoms with Gasteiger partial charge in [-0.25, -0.2) is 4.39 Å². The minimum atomic E-state index is -4.88. The molecule has 0 bridgehead atoms. The average molecular weight is 417 g/mol. The topological polar surface area (TPSA) is 44.1 Å². The second-order valence-electron chi connectivity index (χ2n) is 5.14. The van der Waals surface area contributed by atoms with Crippen LogP contribution in [0.3, 0.4) is 0 Å². The van der Waals surface area contributed by atoms with Gasteiger partial charge in [0.1, 0.15) is 11.6 Å². The first-order valence-corrected chi connectivity index (χ1v) is 7.71. The molecule has 0 N–H and O–H groups in total. The normalized spacial score (nSPS) is 11.7. The van der Waals surface area contributed by atoms with Gasteiger partial charge in [-0.3, -0.25) is 9.78 Å². The van der Waals surface area contributed by atoms with Crippen LogP contribution in [0.4, 0.5) is 17.6 Å². The highest BCUT2D eigenvalue weighted by atomic mass is 79.9. The number of rotatable bonds is 3. The number of ether oxygens (including phenoxy) is 1. The molecule has 9 heteroatoms. The summed E-state index contributed by atoms with van der Waals surface area (Å²) < 4.78 is 56.4. The van der Waals surface area contributed by atoms with Gasteiger partial charge in [0, 0.05) is 22.4 Å². The maximum Gasteiger partial charge on any atom is 0.573 e. The third-order valence-corrected chi connectivity index (χ3v) is 3.81. The molecule has 0 saturated carbocycles. The lowest BCUT2D eigenvalue weighted by molar-refractivity contribution is -0.274. The van der Waals surface area contributed by atoms with Crippen molar-refractivity contribution in [1.82, 2.24) is 9.55 Å². The van der Waals surface area contributed by atoms with E-state index in [2.05, 4.69) is 25.7 Å². The lowest BCUT2D eigenvalue weighted by atomic mass is 10.2. The van der Waals surface area contributed by atoms with Gasteiger partial charge in [-0.05, 0) is 46.3 Å². The molecule has 0 aliphatic heterocycles. The van der Waals surface area contributed by atoms with E-state index in [1.165, 1.54) is 17.0 Å². The Morgan fingerprint density at radius 1 is 1.20 bits per heavy atom. The Kier molecular flexibility index (Phi) is 4.51. The molecule has 0 aliphatic rings. The van der Waals surface area contributed by atoms with E-state index >= 15 is 0 Å². The number of aromatic nitrogens is 2. The average Bonchev–Trinajstić information content (AvgIpc) is 2.52. The molecule has 0 fully saturated rings. The Labute approximate surface area is 146 Å². The second-order valence-corrected chi connectivity index (χ2v) is 6.05. The zero-order chi connectivity index (χ0) is 18.2. The first kappa shape index (κ1) is 17.4. The van der Waals surface area contributed by atoms with Crippen LogP contribution in [0.1, 0.15) is 5.56 Å². The van der Waals surface area contributed by atoms with Gasteiger partial charge in [0.15, 0.2) is 0 Å². The van der Waals surface area contributed by atoms with Gasteiger partial charge < -0.3 is 9.30 Å². The number of benzene rings is 1. The third kappa shape index (κ3) is 3.98. The molecule has 1 aromatic carbocycles. The molecule has 130 valence electrons. The van der Waals surface area contributed by atoms with Crippen LogP contribution < -0.4 is 10.3 Å². The van der Waals surface area contributed by atoms with Crippen molar-refractivity contribution in [3.63, 3.8) is 0 Å². The predicted octanol–water partition coefficient (Wildman–Crippen LogP) is 4.25. The lowest BCUT2D eigenvalue weighted by Crippen LogP contribution is -2.21. The molecule has 2 heterocycles. The van der Waals surface area contributed by atoms with E-state index in [1.54, 1.807) is 12.1 Å². The number of alkyl halides is 3. The Bertz CT molecular complexity index is 1000. The van der Waals surface area contributed by atoms with Crippen molar-refractivity contribution in [2.75, 3.05) is 0 Å². The van der Waals surface area contributed by atoms with E-state index in [1.807, 2.05) is 0 Å².